The molecule has 0 amide bonds. The first-order valence-electron chi connectivity index (χ1n) is 5.52. The first-order chi connectivity index (χ1) is 6.75. The van der Waals surface area contributed by atoms with E-state index >= 15 is 0 Å². The summed E-state index contributed by atoms with van der Waals surface area (Å²) in [6.07, 6.45) is 4.27. The van der Waals surface area contributed by atoms with Crippen molar-refractivity contribution in [2.75, 3.05) is 0 Å². The lowest BCUT2D eigenvalue weighted by Gasteiger charge is -2.26. The molecule has 1 aliphatic carbocycles. The molecule has 0 spiro atoms. The largest absolute Gasteiger partial charge is 0.490 e. The van der Waals surface area contributed by atoms with Gasteiger partial charge in [-0.15, -0.1) is 0 Å². The van der Waals surface area contributed by atoms with Gasteiger partial charge >= 0.3 is 0 Å². The maximum Gasteiger partial charge on any atom is 0.119 e. The normalized spacial score (nSPS) is 16.8. The third kappa shape index (κ3) is 2.09. The number of hydrogen-bond acceptors (Lipinski definition) is 1. The van der Waals surface area contributed by atoms with Gasteiger partial charge in [0.1, 0.15) is 5.75 Å². The molecule has 1 heteroatoms. The van der Waals surface area contributed by atoms with Crippen LogP contribution in [-0.4, -0.2) is 6.10 Å². The topological polar surface area (TPSA) is 9.23 Å². The van der Waals surface area contributed by atoms with Crippen molar-refractivity contribution in [1.82, 2.24) is 0 Å². The van der Waals surface area contributed by atoms with Crippen molar-refractivity contribution in [3.63, 3.8) is 0 Å². The van der Waals surface area contributed by atoms with E-state index in [4.69, 9.17) is 4.74 Å². The van der Waals surface area contributed by atoms with Crippen LogP contribution in [0, 0.1) is 0 Å². The average Bonchev–Trinajstić information content (AvgIpc) is 2.12. The van der Waals surface area contributed by atoms with E-state index in [0.717, 1.165) is 5.75 Å². The maximum absolute atomic E-state index is 5.79. The highest BCUT2D eigenvalue weighted by atomic mass is 16.5. The van der Waals surface area contributed by atoms with E-state index in [2.05, 4.69) is 38.1 Å². The van der Waals surface area contributed by atoms with Crippen LogP contribution in [0.1, 0.15) is 44.6 Å². The van der Waals surface area contributed by atoms with Gasteiger partial charge in [0.15, 0.2) is 0 Å². The second-order valence-corrected chi connectivity index (χ2v) is 4.39. The van der Waals surface area contributed by atoms with Crippen LogP contribution in [-0.2, 0) is 0 Å². The van der Waals surface area contributed by atoms with Gasteiger partial charge in [-0.2, -0.15) is 0 Å². The minimum absolute atomic E-state index is 0.486. The van der Waals surface area contributed by atoms with Crippen molar-refractivity contribution in [3.05, 3.63) is 29.8 Å². The summed E-state index contributed by atoms with van der Waals surface area (Å²) >= 11 is 0. The van der Waals surface area contributed by atoms with Gasteiger partial charge in [-0.3, -0.25) is 0 Å². The molecule has 0 unspecified atom stereocenters. The molecule has 1 nitrogen and oxygen atoms in total. The molecule has 0 atom stereocenters. The predicted molar refractivity (Wildman–Crippen MR) is 58.8 cm³/mol. The Kier molecular flexibility index (Phi) is 2.76. The molecular formula is C13H18O. The maximum atomic E-state index is 5.79. The van der Waals surface area contributed by atoms with E-state index in [1.807, 2.05) is 0 Å². The third-order valence-electron chi connectivity index (χ3n) is 2.90. The molecule has 1 aliphatic rings. The zero-order valence-electron chi connectivity index (χ0n) is 8.99. The van der Waals surface area contributed by atoms with Crippen LogP contribution in [0.4, 0.5) is 0 Å². The molecule has 0 aromatic heterocycles. The lowest BCUT2D eigenvalue weighted by atomic mass is 9.96. The monoisotopic (exact) mass is 190 g/mol. The first-order valence-corrected chi connectivity index (χ1v) is 5.52. The van der Waals surface area contributed by atoms with Gasteiger partial charge in [-0.05, 0) is 42.9 Å². The van der Waals surface area contributed by atoms with Gasteiger partial charge < -0.3 is 4.74 Å². The second kappa shape index (κ2) is 4.04. The quantitative estimate of drug-likeness (QED) is 0.705. The van der Waals surface area contributed by atoms with E-state index in [1.165, 1.54) is 24.8 Å². The molecule has 0 heterocycles. The molecule has 0 radical (unpaired) electrons. The molecule has 0 aliphatic heterocycles. The average molecular weight is 190 g/mol. The van der Waals surface area contributed by atoms with Crippen molar-refractivity contribution in [2.24, 2.45) is 0 Å². The van der Waals surface area contributed by atoms with E-state index in [0.29, 0.717) is 12.0 Å². The molecule has 0 bridgehead atoms. The van der Waals surface area contributed by atoms with Crippen LogP contribution in [0.25, 0.3) is 0 Å². The highest BCUT2D eigenvalue weighted by Gasteiger charge is 2.18. The summed E-state index contributed by atoms with van der Waals surface area (Å²) in [6.45, 7) is 4.42. The lowest BCUT2D eigenvalue weighted by molar-refractivity contribution is 0.120. The summed E-state index contributed by atoms with van der Waals surface area (Å²) in [7, 11) is 0. The fourth-order valence-corrected chi connectivity index (χ4v) is 1.61. The van der Waals surface area contributed by atoms with Gasteiger partial charge in [0, 0.05) is 0 Å². The molecule has 1 aromatic carbocycles. The van der Waals surface area contributed by atoms with Gasteiger partial charge in [-0.1, -0.05) is 26.0 Å². The Morgan fingerprint density at radius 1 is 1.14 bits per heavy atom. The van der Waals surface area contributed by atoms with Crippen molar-refractivity contribution in [1.29, 1.82) is 0 Å². The standard InChI is InChI=1S/C13H18O/c1-10(2)11-6-8-13(9-7-11)14-12-4-3-5-12/h6-10,12H,3-5H2,1-2H3. The molecule has 14 heavy (non-hydrogen) atoms. The Hall–Kier alpha value is -0.980. The van der Waals surface area contributed by atoms with Crippen molar-refractivity contribution >= 4 is 0 Å². The highest BCUT2D eigenvalue weighted by molar-refractivity contribution is 5.29. The van der Waals surface area contributed by atoms with Crippen LogP contribution in [0.5, 0.6) is 5.75 Å². The van der Waals surface area contributed by atoms with Crippen molar-refractivity contribution in [2.45, 2.75) is 45.1 Å². The second-order valence-electron chi connectivity index (χ2n) is 4.39. The number of rotatable bonds is 3. The minimum Gasteiger partial charge on any atom is -0.490 e. The summed E-state index contributed by atoms with van der Waals surface area (Å²) in [4.78, 5) is 0. The van der Waals surface area contributed by atoms with Crippen LogP contribution < -0.4 is 4.74 Å². The van der Waals surface area contributed by atoms with Crippen molar-refractivity contribution < 1.29 is 4.74 Å². The smallest absolute Gasteiger partial charge is 0.119 e. The third-order valence-corrected chi connectivity index (χ3v) is 2.90. The predicted octanol–water partition coefficient (Wildman–Crippen LogP) is 3.74. The van der Waals surface area contributed by atoms with E-state index in [1.54, 1.807) is 0 Å². The number of hydrogen-bond donors (Lipinski definition) is 0. The first kappa shape index (κ1) is 9.57. The van der Waals surface area contributed by atoms with Gasteiger partial charge in [0.25, 0.3) is 0 Å². The fourth-order valence-electron chi connectivity index (χ4n) is 1.61. The van der Waals surface area contributed by atoms with Crippen LogP contribution in [0.15, 0.2) is 24.3 Å². The molecular weight excluding hydrogens is 172 g/mol. The Bertz CT molecular complexity index is 283. The van der Waals surface area contributed by atoms with E-state index in [9.17, 15) is 0 Å². The summed E-state index contributed by atoms with van der Waals surface area (Å²) in [5, 5.41) is 0. The molecule has 1 fully saturated rings. The summed E-state index contributed by atoms with van der Waals surface area (Å²) in [6, 6.07) is 8.51. The summed E-state index contributed by atoms with van der Waals surface area (Å²) in [5.74, 6) is 1.63. The molecule has 2 rings (SSSR count). The highest BCUT2D eigenvalue weighted by Crippen LogP contribution is 2.26. The zero-order valence-corrected chi connectivity index (χ0v) is 8.99. The summed E-state index contributed by atoms with van der Waals surface area (Å²) in [5.41, 5.74) is 1.38. The van der Waals surface area contributed by atoms with Gasteiger partial charge in [-0.25, -0.2) is 0 Å². The van der Waals surface area contributed by atoms with Crippen molar-refractivity contribution in [3.8, 4) is 5.75 Å². The number of benzene rings is 1. The number of ether oxygens (including phenoxy) is 1. The van der Waals surface area contributed by atoms with Gasteiger partial charge in [0.05, 0.1) is 6.10 Å². The zero-order chi connectivity index (χ0) is 9.97. The Labute approximate surface area is 86.1 Å². The SMILES string of the molecule is CC(C)c1ccc(OC2CCC2)cc1. The Balaban J connectivity index is 1.98. The van der Waals surface area contributed by atoms with Crippen LogP contribution in [0.3, 0.4) is 0 Å². The summed E-state index contributed by atoms with van der Waals surface area (Å²) < 4.78 is 5.79. The van der Waals surface area contributed by atoms with E-state index in [-0.39, 0.29) is 0 Å². The minimum atomic E-state index is 0.486. The lowest BCUT2D eigenvalue weighted by Crippen LogP contribution is -2.24. The fraction of sp³-hybridized carbons (Fsp3) is 0.538. The Morgan fingerprint density at radius 3 is 2.21 bits per heavy atom. The van der Waals surface area contributed by atoms with Gasteiger partial charge in [0.2, 0.25) is 0 Å². The molecule has 1 saturated carbocycles. The molecule has 0 saturated heterocycles. The van der Waals surface area contributed by atoms with Crippen LogP contribution in [0.2, 0.25) is 0 Å². The Morgan fingerprint density at radius 2 is 1.79 bits per heavy atom. The van der Waals surface area contributed by atoms with E-state index < -0.39 is 0 Å². The molecule has 1 aromatic rings. The van der Waals surface area contributed by atoms with Crippen LogP contribution >= 0.6 is 0 Å². The molecule has 76 valence electrons. The molecule has 0 N–H and O–H groups in total.